The third-order valence-electron chi connectivity index (χ3n) is 1.54. The Morgan fingerprint density at radius 3 is 2.00 bits per heavy atom. The van der Waals surface area contributed by atoms with Crippen molar-refractivity contribution in [2.24, 2.45) is 0 Å². The molecule has 3 N–H and O–H groups in total. The standard InChI is InChI=1S/C8H10O6/c1-2-5(9)3-8(14,7(12)13)4-6(10)11/h2,14H,1,3-4H2,(H,10,11)(H,12,13). The Bertz CT molecular complexity index is 282. The van der Waals surface area contributed by atoms with Gasteiger partial charge in [-0.05, 0) is 6.08 Å². The highest BCUT2D eigenvalue weighted by molar-refractivity contribution is 5.95. The van der Waals surface area contributed by atoms with Gasteiger partial charge in [0.15, 0.2) is 11.4 Å². The lowest BCUT2D eigenvalue weighted by Gasteiger charge is -2.19. The minimum Gasteiger partial charge on any atom is -0.481 e. The molecular formula is C8H10O6. The summed E-state index contributed by atoms with van der Waals surface area (Å²) in [6.07, 6.45) is -0.990. The van der Waals surface area contributed by atoms with Crippen LogP contribution in [0, 0.1) is 0 Å². The summed E-state index contributed by atoms with van der Waals surface area (Å²) in [5.41, 5.74) is -2.56. The summed E-state index contributed by atoms with van der Waals surface area (Å²) < 4.78 is 0. The molecule has 0 radical (unpaired) electrons. The number of rotatable bonds is 6. The smallest absolute Gasteiger partial charge is 0.336 e. The van der Waals surface area contributed by atoms with Crippen LogP contribution in [0.2, 0.25) is 0 Å². The molecule has 0 saturated heterocycles. The average Bonchev–Trinajstić information content (AvgIpc) is 2.02. The molecule has 0 aliphatic rings. The predicted molar refractivity (Wildman–Crippen MR) is 44.7 cm³/mol. The van der Waals surface area contributed by atoms with E-state index in [-0.39, 0.29) is 0 Å². The van der Waals surface area contributed by atoms with Crippen LogP contribution in [0.3, 0.4) is 0 Å². The topological polar surface area (TPSA) is 112 Å². The van der Waals surface area contributed by atoms with Crippen molar-refractivity contribution >= 4 is 17.7 Å². The first-order valence-electron chi connectivity index (χ1n) is 3.64. The first-order chi connectivity index (χ1) is 6.31. The SMILES string of the molecule is C=CC(=O)CC(O)(CC(=O)O)C(=O)O. The first kappa shape index (κ1) is 12.3. The number of carboxylic acids is 2. The highest BCUT2D eigenvalue weighted by Crippen LogP contribution is 2.16. The van der Waals surface area contributed by atoms with E-state index in [0.717, 1.165) is 6.08 Å². The van der Waals surface area contributed by atoms with E-state index in [0.29, 0.717) is 0 Å². The summed E-state index contributed by atoms with van der Waals surface area (Å²) in [5, 5.41) is 26.2. The molecule has 1 atom stereocenters. The molecule has 0 aromatic carbocycles. The Kier molecular flexibility index (Phi) is 3.97. The molecule has 0 heterocycles. The third-order valence-corrected chi connectivity index (χ3v) is 1.54. The minimum absolute atomic E-state index is 0.726. The molecule has 0 amide bonds. The van der Waals surface area contributed by atoms with Crippen molar-refractivity contribution in [2.75, 3.05) is 0 Å². The molecule has 0 bridgehead atoms. The van der Waals surface area contributed by atoms with Gasteiger partial charge < -0.3 is 15.3 Å². The number of aliphatic carboxylic acids is 2. The Balaban J connectivity index is 4.71. The van der Waals surface area contributed by atoms with Crippen LogP contribution in [-0.4, -0.2) is 38.6 Å². The normalized spacial score (nSPS) is 14.1. The second-order valence-corrected chi connectivity index (χ2v) is 2.75. The summed E-state index contributed by atoms with van der Waals surface area (Å²) in [6.45, 7) is 3.08. The van der Waals surface area contributed by atoms with Crippen molar-refractivity contribution in [3.05, 3.63) is 12.7 Å². The van der Waals surface area contributed by atoms with Crippen LogP contribution >= 0.6 is 0 Å². The second kappa shape index (κ2) is 4.52. The van der Waals surface area contributed by atoms with Crippen LogP contribution in [0.15, 0.2) is 12.7 Å². The molecule has 0 aliphatic heterocycles. The van der Waals surface area contributed by atoms with E-state index in [1.54, 1.807) is 0 Å². The molecule has 0 aromatic rings. The summed E-state index contributed by atoms with van der Waals surface area (Å²) >= 11 is 0. The summed E-state index contributed by atoms with van der Waals surface area (Å²) in [6, 6.07) is 0. The molecule has 0 saturated carbocycles. The lowest BCUT2D eigenvalue weighted by Crippen LogP contribution is -2.42. The van der Waals surface area contributed by atoms with Gasteiger partial charge in [0.1, 0.15) is 0 Å². The summed E-state index contributed by atoms with van der Waals surface area (Å²) in [5.74, 6) is -3.96. The van der Waals surface area contributed by atoms with Gasteiger partial charge in [-0.15, -0.1) is 0 Å². The molecular weight excluding hydrogens is 192 g/mol. The molecule has 0 rings (SSSR count). The van der Waals surface area contributed by atoms with Crippen molar-refractivity contribution in [1.29, 1.82) is 0 Å². The van der Waals surface area contributed by atoms with Gasteiger partial charge in [0.05, 0.1) is 12.8 Å². The van der Waals surface area contributed by atoms with Crippen LogP contribution in [0.25, 0.3) is 0 Å². The van der Waals surface area contributed by atoms with E-state index in [1.165, 1.54) is 0 Å². The van der Waals surface area contributed by atoms with E-state index < -0.39 is 36.2 Å². The van der Waals surface area contributed by atoms with E-state index in [1.807, 2.05) is 0 Å². The highest BCUT2D eigenvalue weighted by atomic mass is 16.4. The number of aliphatic hydroxyl groups is 1. The van der Waals surface area contributed by atoms with Crippen molar-refractivity contribution in [1.82, 2.24) is 0 Å². The Morgan fingerprint density at radius 2 is 1.71 bits per heavy atom. The molecule has 0 spiro atoms. The number of carbonyl (C=O) groups is 3. The Hall–Kier alpha value is -1.69. The van der Waals surface area contributed by atoms with Gasteiger partial charge in [0.2, 0.25) is 0 Å². The van der Waals surface area contributed by atoms with Gasteiger partial charge in [-0.1, -0.05) is 6.58 Å². The van der Waals surface area contributed by atoms with Crippen molar-refractivity contribution in [2.45, 2.75) is 18.4 Å². The number of ketones is 1. The van der Waals surface area contributed by atoms with E-state index in [9.17, 15) is 19.5 Å². The number of carbonyl (C=O) groups excluding carboxylic acids is 1. The van der Waals surface area contributed by atoms with Crippen molar-refractivity contribution in [3.8, 4) is 0 Å². The van der Waals surface area contributed by atoms with Crippen LogP contribution < -0.4 is 0 Å². The van der Waals surface area contributed by atoms with Crippen LogP contribution in [0.1, 0.15) is 12.8 Å². The fourth-order valence-corrected chi connectivity index (χ4v) is 0.824. The fourth-order valence-electron chi connectivity index (χ4n) is 0.824. The molecule has 6 nitrogen and oxygen atoms in total. The summed E-state index contributed by atoms with van der Waals surface area (Å²) in [4.78, 5) is 31.5. The fraction of sp³-hybridized carbons (Fsp3) is 0.375. The summed E-state index contributed by atoms with van der Waals surface area (Å²) in [7, 11) is 0. The molecule has 0 fully saturated rings. The van der Waals surface area contributed by atoms with E-state index in [4.69, 9.17) is 10.2 Å². The maximum Gasteiger partial charge on any atom is 0.336 e. The average molecular weight is 202 g/mol. The van der Waals surface area contributed by atoms with Crippen LogP contribution in [-0.2, 0) is 14.4 Å². The maximum absolute atomic E-state index is 10.8. The Labute approximate surface area is 79.5 Å². The van der Waals surface area contributed by atoms with Gasteiger partial charge in [0, 0.05) is 0 Å². The zero-order valence-corrected chi connectivity index (χ0v) is 7.27. The largest absolute Gasteiger partial charge is 0.481 e. The van der Waals surface area contributed by atoms with Gasteiger partial charge in [-0.2, -0.15) is 0 Å². The number of carboxylic acid groups (broad SMARTS) is 2. The molecule has 78 valence electrons. The Morgan fingerprint density at radius 1 is 1.21 bits per heavy atom. The van der Waals surface area contributed by atoms with Gasteiger partial charge in [-0.25, -0.2) is 4.79 Å². The van der Waals surface area contributed by atoms with Gasteiger partial charge in [0.25, 0.3) is 0 Å². The number of hydrogen-bond donors (Lipinski definition) is 3. The quantitative estimate of drug-likeness (QED) is 0.497. The molecule has 6 heteroatoms. The van der Waals surface area contributed by atoms with Gasteiger partial charge in [-0.3, -0.25) is 9.59 Å². The van der Waals surface area contributed by atoms with Crippen molar-refractivity contribution < 1.29 is 29.7 Å². The lowest BCUT2D eigenvalue weighted by molar-refractivity contribution is -0.167. The van der Waals surface area contributed by atoms with Crippen LogP contribution in [0.4, 0.5) is 0 Å². The first-order valence-corrected chi connectivity index (χ1v) is 3.64. The zero-order valence-electron chi connectivity index (χ0n) is 7.27. The number of allylic oxidation sites excluding steroid dienone is 1. The monoisotopic (exact) mass is 202 g/mol. The van der Waals surface area contributed by atoms with Gasteiger partial charge >= 0.3 is 11.9 Å². The van der Waals surface area contributed by atoms with E-state index in [2.05, 4.69) is 6.58 Å². The number of hydrogen-bond acceptors (Lipinski definition) is 4. The molecule has 1 unspecified atom stereocenters. The predicted octanol–water partition coefficient (Wildman–Crippen LogP) is -0.578. The van der Waals surface area contributed by atoms with Crippen LogP contribution in [0.5, 0.6) is 0 Å². The molecule has 0 aromatic heterocycles. The zero-order chi connectivity index (χ0) is 11.4. The third kappa shape index (κ3) is 3.36. The van der Waals surface area contributed by atoms with E-state index >= 15 is 0 Å². The van der Waals surface area contributed by atoms with Crippen molar-refractivity contribution in [3.63, 3.8) is 0 Å². The highest BCUT2D eigenvalue weighted by Gasteiger charge is 2.39. The lowest BCUT2D eigenvalue weighted by atomic mass is 9.93. The minimum atomic E-state index is -2.56. The molecule has 0 aliphatic carbocycles. The maximum atomic E-state index is 10.8. The second-order valence-electron chi connectivity index (χ2n) is 2.75. The molecule has 14 heavy (non-hydrogen) atoms.